The van der Waals surface area contributed by atoms with E-state index in [1.165, 1.54) is 7.11 Å². The SMILES string of the molecule is COCC(=O)Oc1ccc2oc3ccccc3c2c1. The van der Waals surface area contributed by atoms with E-state index in [0.717, 1.165) is 21.9 Å². The minimum absolute atomic E-state index is 0.0653. The number of esters is 1. The summed E-state index contributed by atoms with van der Waals surface area (Å²) in [5.41, 5.74) is 1.59. The van der Waals surface area contributed by atoms with E-state index in [1.807, 2.05) is 24.3 Å². The van der Waals surface area contributed by atoms with Crippen molar-refractivity contribution in [1.29, 1.82) is 0 Å². The fourth-order valence-electron chi connectivity index (χ4n) is 2.05. The first-order valence-corrected chi connectivity index (χ1v) is 5.89. The molecule has 3 rings (SSSR count). The molecule has 0 radical (unpaired) electrons. The number of carbonyl (C=O) groups is 1. The molecule has 0 aliphatic rings. The Kier molecular flexibility index (Phi) is 2.93. The van der Waals surface area contributed by atoms with Gasteiger partial charge in [-0.05, 0) is 24.3 Å². The molecule has 1 aromatic heterocycles. The second kappa shape index (κ2) is 4.74. The van der Waals surface area contributed by atoms with Crippen molar-refractivity contribution in [2.75, 3.05) is 13.7 Å². The van der Waals surface area contributed by atoms with Gasteiger partial charge in [0.05, 0.1) is 0 Å². The molecule has 2 aromatic carbocycles. The minimum Gasteiger partial charge on any atom is -0.456 e. The van der Waals surface area contributed by atoms with Crippen molar-refractivity contribution < 1.29 is 18.7 Å². The highest BCUT2D eigenvalue weighted by atomic mass is 16.6. The summed E-state index contributed by atoms with van der Waals surface area (Å²) in [4.78, 5) is 11.4. The molecule has 0 aliphatic heterocycles. The minimum atomic E-state index is -0.422. The van der Waals surface area contributed by atoms with Crippen LogP contribution >= 0.6 is 0 Å². The number of carbonyl (C=O) groups excluding carboxylic acids is 1. The normalized spacial score (nSPS) is 11.0. The van der Waals surface area contributed by atoms with Gasteiger partial charge < -0.3 is 13.9 Å². The number of fused-ring (bicyclic) bond motifs is 3. The van der Waals surface area contributed by atoms with E-state index >= 15 is 0 Å². The first-order chi connectivity index (χ1) is 9.28. The molecule has 0 bridgehead atoms. The van der Waals surface area contributed by atoms with E-state index in [0.29, 0.717) is 5.75 Å². The molecule has 19 heavy (non-hydrogen) atoms. The van der Waals surface area contributed by atoms with Gasteiger partial charge in [0.25, 0.3) is 0 Å². The maximum atomic E-state index is 11.4. The number of hydrogen-bond donors (Lipinski definition) is 0. The smallest absolute Gasteiger partial charge is 0.337 e. The molecule has 4 heteroatoms. The predicted octanol–water partition coefficient (Wildman–Crippen LogP) is 3.14. The molecule has 0 unspecified atom stereocenters. The highest BCUT2D eigenvalue weighted by molar-refractivity contribution is 6.05. The van der Waals surface area contributed by atoms with Crippen molar-refractivity contribution in [2.24, 2.45) is 0 Å². The van der Waals surface area contributed by atoms with Gasteiger partial charge in [0.15, 0.2) is 0 Å². The van der Waals surface area contributed by atoms with Crippen molar-refractivity contribution in [2.45, 2.75) is 0 Å². The Morgan fingerprint density at radius 2 is 1.89 bits per heavy atom. The Morgan fingerprint density at radius 1 is 1.11 bits per heavy atom. The topological polar surface area (TPSA) is 48.7 Å². The molecular formula is C15H12O4. The number of furan rings is 1. The van der Waals surface area contributed by atoms with Gasteiger partial charge in [-0.15, -0.1) is 0 Å². The molecular weight excluding hydrogens is 244 g/mol. The Morgan fingerprint density at radius 3 is 2.74 bits per heavy atom. The van der Waals surface area contributed by atoms with E-state index in [2.05, 4.69) is 0 Å². The van der Waals surface area contributed by atoms with Gasteiger partial charge in [0.2, 0.25) is 0 Å². The largest absolute Gasteiger partial charge is 0.456 e. The fourth-order valence-corrected chi connectivity index (χ4v) is 2.05. The molecule has 0 spiro atoms. The van der Waals surface area contributed by atoms with Crippen molar-refractivity contribution in [1.82, 2.24) is 0 Å². The number of para-hydroxylation sites is 1. The number of methoxy groups -OCH3 is 1. The summed E-state index contributed by atoms with van der Waals surface area (Å²) < 4.78 is 15.6. The van der Waals surface area contributed by atoms with Crippen LogP contribution in [-0.2, 0) is 9.53 Å². The molecule has 0 amide bonds. The fraction of sp³-hybridized carbons (Fsp3) is 0.133. The summed E-state index contributed by atoms with van der Waals surface area (Å²) in [6.07, 6.45) is 0. The van der Waals surface area contributed by atoms with Crippen LogP contribution in [0.4, 0.5) is 0 Å². The maximum Gasteiger partial charge on any atom is 0.337 e. The van der Waals surface area contributed by atoms with Crippen LogP contribution in [0.15, 0.2) is 46.9 Å². The lowest BCUT2D eigenvalue weighted by molar-refractivity contribution is -0.138. The Balaban J connectivity index is 2.04. The van der Waals surface area contributed by atoms with E-state index in [4.69, 9.17) is 13.9 Å². The molecule has 1 heterocycles. The Labute approximate surface area is 109 Å². The predicted molar refractivity (Wildman–Crippen MR) is 71.2 cm³/mol. The van der Waals surface area contributed by atoms with Gasteiger partial charge in [-0.3, -0.25) is 0 Å². The summed E-state index contributed by atoms with van der Waals surface area (Å²) in [5.74, 6) is 0.0655. The standard InChI is InChI=1S/C15H12O4/c1-17-9-15(16)18-10-6-7-14-12(8-10)11-4-2-3-5-13(11)19-14/h2-8H,9H2,1H3. The third-order valence-electron chi connectivity index (χ3n) is 2.84. The van der Waals surface area contributed by atoms with E-state index in [-0.39, 0.29) is 6.61 Å². The van der Waals surface area contributed by atoms with Crippen LogP contribution in [0.3, 0.4) is 0 Å². The number of ether oxygens (including phenoxy) is 2. The van der Waals surface area contributed by atoms with Crippen LogP contribution in [0.2, 0.25) is 0 Å². The lowest BCUT2D eigenvalue weighted by Gasteiger charge is -2.02. The molecule has 0 saturated heterocycles. The van der Waals surface area contributed by atoms with Gasteiger partial charge in [0, 0.05) is 17.9 Å². The van der Waals surface area contributed by atoms with Crippen LogP contribution in [0.25, 0.3) is 21.9 Å². The van der Waals surface area contributed by atoms with Crippen molar-refractivity contribution in [3.8, 4) is 5.75 Å². The highest BCUT2D eigenvalue weighted by Gasteiger charge is 2.09. The van der Waals surface area contributed by atoms with E-state index < -0.39 is 5.97 Å². The first-order valence-electron chi connectivity index (χ1n) is 5.89. The lowest BCUT2D eigenvalue weighted by Crippen LogP contribution is -2.13. The second-order valence-electron chi connectivity index (χ2n) is 4.16. The van der Waals surface area contributed by atoms with Gasteiger partial charge in [0.1, 0.15) is 23.5 Å². The third-order valence-corrected chi connectivity index (χ3v) is 2.84. The monoisotopic (exact) mass is 256 g/mol. The van der Waals surface area contributed by atoms with Crippen LogP contribution in [-0.4, -0.2) is 19.7 Å². The van der Waals surface area contributed by atoms with E-state index in [9.17, 15) is 4.79 Å². The van der Waals surface area contributed by atoms with Crippen LogP contribution in [0.5, 0.6) is 5.75 Å². The molecule has 0 saturated carbocycles. The quantitative estimate of drug-likeness (QED) is 0.533. The average molecular weight is 256 g/mol. The third kappa shape index (κ3) is 2.18. The van der Waals surface area contributed by atoms with Gasteiger partial charge in [-0.1, -0.05) is 18.2 Å². The van der Waals surface area contributed by atoms with Crippen molar-refractivity contribution in [3.05, 3.63) is 42.5 Å². The summed E-state index contributed by atoms with van der Waals surface area (Å²) in [7, 11) is 1.45. The summed E-state index contributed by atoms with van der Waals surface area (Å²) in [5, 5.41) is 1.93. The zero-order valence-corrected chi connectivity index (χ0v) is 10.4. The van der Waals surface area contributed by atoms with Crippen LogP contribution in [0.1, 0.15) is 0 Å². The zero-order chi connectivity index (χ0) is 13.2. The lowest BCUT2D eigenvalue weighted by atomic mass is 10.1. The Bertz CT molecular complexity index is 742. The van der Waals surface area contributed by atoms with Gasteiger partial charge >= 0.3 is 5.97 Å². The summed E-state index contributed by atoms with van der Waals surface area (Å²) >= 11 is 0. The zero-order valence-electron chi connectivity index (χ0n) is 10.4. The summed E-state index contributed by atoms with van der Waals surface area (Å²) in [6, 6.07) is 13.1. The van der Waals surface area contributed by atoms with Crippen LogP contribution in [0, 0.1) is 0 Å². The first kappa shape index (κ1) is 11.7. The number of hydrogen-bond acceptors (Lipinski definition) is 4. The van der Waals surface area contributed by atoms with Crippen molar-refractivity contribution >= 4 is 27.9 Å². The number of rotatable bonds is 3. The van der Waals surface area contributed by atoms with Gasteiger partial charge in [-0.2, -0.15) is 0 Å². The molecule has 0 atom stereocenters. The highest BCUT2D eigenvalue weighted by Crippen LogP contribution is 2.31. The second-order valence-corrected chi connectivity index (χ2v) is 4.16. The molecule has 96 valence electrons. The Hall–Kier alpha value is -2.33. The van der Waals surface area contributed by atoms with E-state index in [1.54, 1.807) is 18.2 Å². The van der Waals surface area contributed by atoms with Crippen LogP contribution < -0.4 is 4.74 Å². The summed E-state index contributed by atoms with van der Waals surface area (Å²) in [6.45, 7) is -0.0653. The molecule has 3 aromatic rings. The van der Waals surface area contributed by atoms with Crippen molar-refractivity contribution in [3.63, 3.8) is 0 Å². The molecule has 0 fully saturated rings. The number of benzene rings is 2. The maximum absolute atomic E-state index is 11.4. The molecule has 0 aliphatic carbocycles. The van der Waals surface area contributed by atoms with Gasteiger partial charge in [-0.25, -0.2) is 4.79 Å². The average Bonchev–Trinajstić information content (AvgIpc) is 2.77. The molecule has 4 nitrogen and oxygen atoms in total. The molecule has 0 N–H and O–H groups in total.